The molecular weight excluding hydrogens is 180 g/mol. The lowest BCUT2D eigenvalue weighted by molar-refractivity contribution is 0.158. The maximum absolute atomic E-state index is 10.5. The van der Waals surface area contributed by atoms with Crippen molar-refractivity contribution >= 4 is 6.09 Å². The summed E-state index contributed by atoms with van der Waals surface area (Å²) in [5.41, 5.74) is 5.12. The van der Waals surface area contributed by atoms with Gasteiger partial charge in [0, 0.05) is 13.1 Å². The number of alkyl carbamates (subject to hydrolysis) is 1. The minimum atomic E-state index is -0.453. The van der Waals surface area contributed by atoms with Gasteiger partial charge in [-0.2, -0.15) is 0 Å². The van der Waals surface area contributed by atoms with Gasteiger partial charge in [-0.05, 0) is 5.92 Å². The van der Waals surface area contributed by atoms with Crippen LogP contribution in [0.15, 0.2) is 12.7 Å². The summed E-state index contributed by atoms with van der Waals surface area (Å²) in [6.07, 6.45) is 1.05. The molecule has 0 aromatic rings. The molecule has 0 atom stereocenters. The van der Waals surface area contributed by atoms with E-state index in [4.69, 9.17) is 5.73 Å². The molecule has 0 aliphatic heterocycles. The molecule has 4 nitrogen and oxygen atoms in total. The Hall–Kier alpha value is -1.03. The Morgan fingerprint density at radius 3 is 2.43 bits per heavy atom. The van der Waals surface area contributed by atoms with Gasteiger partial charge in [-0.15, -0.1) is 0 Å². The summed E-state index contributed by atoms with van der Waals surface area (Å²) in [5.74, 6) is 0.833. The van der Waals surface area contributed by atoms with E-state index in [1.54, 1.807) is 0 Å². The number of ether oxygens (including phenoxy) is 1. The van der Waals surface area contributed by atoms with Gasteiger partial charge < -0.3 is 15.8 Å². The van der Waals surface area contributed by atoms with Gasteiger partial charge in [-0.1, -0.05) is 33.4 Å². The van der Waals surface area contributed by atoms with Crippen molar-refractivity contribution < 1.29 is 9.53 Å². The third kappa shape index (κ3) is 22.4. The van der Waals surface area contributed by atoms with Crippen molar-refractivity contribution in [3.05, 3.63) is 12.7 Å². The van der Waals surface area contributed by atoms with E-state index in [1.807, 2.05) is 0 Å². The van der Waals surface area contributed by atoms with Gasteiger partial charge in [0.1, 0.15) is 6.61 Å². The Bertz CT molecular complexity index is 144. The van der Waals surface area contributed by atoms with E-state index in [0.717, 1.165) is 5.92 Å². The van der Waals surface area contributed by atoms with Crippen LogP contribution >= 0.6 is 0 Å². The number of hydrogen-bond donors (Lipinski definition) is 2. The maximum Gasteiger partial charge on any atom is 0.407 e. The van der Waals surface area contributed by atoms with Crippen LogP contribution in [0, 0.1) is 5.92 Å². The van der Waals surface area contributed by atoms with Crippen LogP contribution in [-0.2, 0) is 4.74 Å². The summed E-state index contributed by atoms with van der Waals surface area (Å²) in [6.45, 7) is 11.0. The zero-order valence-corrected chi connectivity index (χ0v) is 9.38. The number of nitrogens with two attached hydrogens (primary N) is 1. The zero-order valence-electron chi connectivity index (χ0n) is 9.38. The Labute approximate surface area is 86.5 Å². The average molecular weight is 202 g/mol. The third-order valence-corrected chi connectivity index (χ3v) is 0.746. The van der Waals surface area contributed by atoms with Gasteiger partial charge in [0.15, 0.2) is 0 Å². The lowest BCUT2D eigenvalue weighted by atomic mass is 10.3. The number of carbonyl (C=O) groups excluding carboxylic acids is 1. The van der Waals surface area contributed by atoms with E-state index in [9.17, 15) is 4.79 Å². The first-order valence-corrected chi connectivity index (χ1v) is 4.76. The molecule has 0 unspecified atom stereocenters. The molecule has 0 bridgehead atoms. The van der Waals surface area contributed by atoms with Crippen LogP contribution in [0.2, 0.25) is 0 Å². The smallest absolute Gasteiger partial charge is 0.407 e. The van der Waals surface area contributed by atoms with Crippen LogP contribution in [0.1, 0.15) is 20.8 Å². The van der Waals surface area contributed by atoms with Gasteiger partial charge in [-0.3, -0.25) is 0 Å². The molecule has 0 heterocycles. The number of carbonyl (C=O) groups is 1. The summed E-state index contributed by atoms with van der Waals surface area (Å²) in [6, 6.07) is 0. The molecule has 0 aliphatic rings. The van der Waals surface area contributed by atoms with Gasteiger partial charge in [0.25, 0.3) is 0 Å². The van der Waals surface area contributed by atoms with Crippen molar-refractivity contribution in [2.75, 3.05) is 19.7 Å². The van der Waals surface area contributed by atoms with E-state index < -0.39 is 6.09 Å². The summed E-state index contributed by atoms with van der Waals surface area (Å²) in [7, 11) is 0. The Kier molecular flexibility index (Phi) is 13.2. The number of rotatable bonds is 4. The van der Waals surface area contributed by atoms with Gasteiger partial charge in [0.05, 0.1) is 0 Å². The molecule has 4 heteroatoms. The zero-order chi connectivity index (χ0) is 11.4. The second-order valence-corrected chi connectivity index (χ2v) is 3.33. The molecule has 0 aromatic carbocycles. The fraction of sp³-hybridized carbons (Fsp3) is 0.700. The average Bonchev–Trinajstić information content (AvgIpc) is 2.10. The first-order valence-electron chi connectivity index (χ1n) is 4.76. The molecule has 0 aliphatic carbocycles. The highest BCUT2D eigenvalue weighted by Gasteiger charge is 1.95. The molecular formula is C10H22N2O2. The standard InChI is InChI=1S/C6H12N2O2.C4H10/c1-2-5-10-6(9)8-4-3-7;1-4(2)3/h2H,1,3-5,7H2,(H,8,9);4H,1-3H3. The van der Waals surface area contributed by atoms with E-state index in [-0.39, 0.29) is 6.61 Å². The van der Waals surface area contributed by atoms with Crippen LogP contribution in [-0.4, -0.2) is 25.8 Å². The van der Waals surface area contributed by atoms with Crippen LogP contribution in [0.4, 0.5) is 4.79 Å². The van der Waals surface area contributed by atoms with Crippen molar-refractivity contribution in [3.63, 3.8) is 0 Å². The Morgan fingerprint density at radius 2 is 2.07 bits per heavy atom. The molecule has 0 saturated heterocycles. The molecule has 0 fully saturated rings. The predicted octanol–water partition coefficient (Wildman–Crippen LogP) is 1.52. The van der Waals surface area contributed by atoms with Crippen molar-refractivity contribution in [3.8, 4) is 0 Å². The highest BCUT2D eigenvalue weighted by Crippen LogP contribution is 1.81. The van der Waals surface area contributed by atoms with Gasteiger partial charge >= 0.3 is 6.09 Å². The first-order chi connectivity index (χ1) is 6.54. The third-order valence-electron chi connectivity index (χ3n) is 0.746. The van der Waals surface area contributed by atoms with Crippen molar-refractivity contribution in [2.24, 2.45) is 11.7 Å². The number of amides is 1. The first kappa shape index (κ1) is 15.4. The lowest BCUT2D eigenvalue weighted by Crippen LogP contribution is -2.29. The highest BCUT2D eigenvalue weighted by molar-refractivity contribution is 5.67. The molecule has 0 radical (unpaired) electrons. The summed E-state index contributed by atoms with van der Waals surface area (Å²) < 4.78 is 4.57. The van der Waals surface area contributed by atoms with E-state index in [0.29, 0.717) is 13.1 Å². The van der Waals surface area contributed by atoms with Crippen LogP contribution in [0.3, 0.4) is 0 Å². The number of hydrogen-bond acceptors (Lipinski definition) is 3. The fourth-order valence-electron chi connectivity index (χ4n) is 0.360. The Morgan fingerprint density at radius 1 is 1.57 bits per heavy atom. The van der Waals surface area contributed by atoms with Gasteiger partial charge in [-0.25, -0.2) is 4.79 Å². The van der Waals surface area contributed by atoms with E-state index >= 15 is 0 Å². The second kappa shape index (κ2) is 12.0. The van der Waals surface area contributed by atoms with E-state index in [2.05, 4.69) is 37.4 Å². The molecule has 3 N–H and O–H groups in total. The minimum Gasteiger partial charge on any atom is -0.445 e. The molecule has 0 aromatic heterocycles. The maximum atomic E-state index is 10.5. The van der Waals surface area contributed by atoms with Crippen molar-refractivity contribution in [1.29, 1.82) is 0 Å². The largest absolute Gasteiger partial charge is 0.445 e. The molecule has 0 spiro atoms. The van der Waals surface area contributed by atoms with Crippen LogP contribution in [0.5, 0.6) is 0 Å². The molecule has 0 rings (SSSR count). The minimum absolute atomic E-state index is 0.233. The molecule has 14 heavy (non-hydrogen) atoms. The van der Waals surface area contributed by atoms with Crippen LogP contribution < -0.4 is 11.1 Å². The van der Waals surface area contributed by atoms with Gasteiger partial charge in [0.2, 0.25) is 0 Å². The summed E-state index contributed by atoms with van der Waals surface area (Å²) in [5, 5.41) is 2.43. The summed E-state index contributed by atoms with van der Waals surface area (Å²) >= 11 is 0. The topological polar surface area (TPSA) is 64.3 Å². The summed E-state index contributed by atoms with van der Waals surface area (Å²) in [4.78, 5) is 10.5. The monoisotopic (exact) mass is 202 g/mol. The Balaban J connectivity index is 0. The highest BCUT2D eigenvalue weighted by atomic mass is 16.5. The second-order valence-electron chi connectivity index (χ2n) is 3.33. The normalized spacial score (nSPS) is 8.64. The molecule has 0 saturated carbocycles. The molecule has 1 amide bonds. The van der Waals surface area contributed by atoms with Crippen LogP contribution in [0.25, 0.3) is 0 Å². The molecule has 84 valence electrons. The quantitative estimate of drug-likeness (QED) is 0.679. The van der Waals surface area contributed by atoms with E-state index in [1.165, 1.54) is 6.08 Å². The predicted molar refractivity (Wildman–Crippen MR) is 59.1 cm³/mol. The van der Waals surface area contributed by atoms with Crippen molar-refractivity contribution in [1.82, 2.24) is 5.32 Å². The SMILES string of the molecule is C=CCOC(=O)NCCN.CC(C)C. The lowest BCUT2D eigenvalue weighted by Gasteiger charge is -2.01. The number of nitrogens with one attached hydrogen (secondary N) is 1. The van der Waals surface area contributed by atoms with Crippen molar-refractivity contribution in [2.45, 2.75) is 20.8 Å². The fourth-order valence-corrected chi connectivity index (χ4v) is 0.360.